The van der Waals surface area contributed by atoms with E-state index in [4.69, 9.17) is 37.0 Å². The van der Waals surface area contributed by atoms with Crippen molar-refractivity contribution in [3.63, 3.8) is 0 Å². The predicted octanol–water partition coefficient (Wildman–Crippen LogP) is 23.6. The average Bonchev–Trinajstić information content (AvgIpc) is 1.33. The molecular formula is C79H154O17P2. The second-order valence-electron chi connectivity index (χ2n) is 28.9. The van der Waals surface area contributed by atoms with Gasteiger partial charge in [-0.15, -0.1) is 0 Å². The number of aliphatic hydroxyl groups is 1. The van der Waals surface area contributed by atoms with Gasteiger partial charge in [-0.05, 0) is 31.6 Å². The van der Waals surface area contributed by atoms with Crippen molar-refractivity contribution in [1.82, 2.24) is 0 Å². The first-order valence-electron chi connectivity index (χ1n) is 41.1. The van der Waals surface area contributed by atoms with E-state index >= 15 is 0 Å². The molecule has 0 saturated carbocycles. The van der Waals surface area contributed by atoms with Gasteiger partial charge in [0, 0.05) is 25.7 Å². The van der Waals surface area contributed by atoms with E-state index in [1.54, 1.807) is 0 Å². The van der Waals surface area contributed by atoms with Crippen LogP contribution in [0.5, 0.6) is 0 Å². The van der Waals surface area contributed by atoms with Gasteiger partial charge in [-0.25, -0.2) is 9.13 Å². The Kier molecular flexibility index (Phi) is 70.6. The zero-order chi connectivity index (χ0) is 71.9. The third kappa shape index (κ3) is 72.4. The largest absolute Gasteiger partial charge is 0.472 e. The number of phosphoric ester groups is 2. The summed E-state index contributed by atoms with van der Waals surface area (Å²) in [6.07, 6.45) is 62.5. The summed E-state index contributed by atoms with van der Waals surface area (Å²) >= 11 is 0. The quantitative estimate of drug-likeness (QED) is 0.0222. The van der Waals surface area contributed by atoms with Crippen molar-refractivity contribution in [2.45, 2.75) is 438 Å². The van der Waals surface area contributed by atoms with Crippen LogP contribution in [0.15, 0.2) is 0 Å². The minimum atomic E-state index is -4.96. The molecular weight excluding hydrogens is 1280 g/mol. The summed E-state index contributed by atoms with van der Waals surface area (Å²) < 4.78 is 68.6. The molecule has 0 aromatic rings. The number of carbonyl (C=O) groups excluding carboxylic acids is 4. The summed E-state index contributed by atoms with van der Waals surface area (Å²) in [5.74, 6) is -1.33. The van der Waals surface area contributed by atoms with Gasteiger partial charge in [0.25, 0.3) is 0 Å². The molecule has 0 amide bonds. The van der Waals surface area contributed by atoms with E-state index < -0.39 is 97.5 Å². The van der Waals surface area contributed by atoms with Crippen molar-refractivity contribution >= 4 is 39.5 Å². The van der Waals surface area contributed by atoms with Crippen molar-refractivity contribution in [3.05, 3.63) is 0 Å². The number of unbranched alkanes of at least 4 members (excludes halogenated alkanes) is 51. The zero-order valence-electron chi connectivity index (χ0n) is 63.9. The van der Waals surface area contributed by atoms with Crippen molar-refractivity contribution in [2.24, 2.45) is 5.92 Å². The maximum Gasteiger partial charge on any atom is 0.472 e. The SMILES string of the molecule is CCCCCCCCCCCCCCCCCCCCCCCC(=O)O[C@H](COC(=O)CCCCCCCCCCCCCCC(C)C)COP(=O)(O)OC[C@@H](O)COP(=O)(O)OC[C@@H](COC(=O)CCCCCCCCCCC)OC(=O)CCCCCCCCCCCCCCC. The Balaban J connectivity index is 5.20. The monoisotopic (exact) mass is 1440 g/mol. The van der Waals surface area contributed by atoms with Crippen LogP contribution in [-0.2, 0) is 65.4 Å². The van der Waals surface area contributed by atoms with Gasteiger partial charge < -0.3 is 33.8 Å². The molecule has 0 aromatic carbocycles. The number of rotatable bonds is 79. The maximum atomic E-state index is 13.1. The molecule has 0 aliphatic heterocycles. The lowest BCUT2D eigenvalue weighted by molar-refractivity contribution is -0.161. The van der Waals surface area contributed by atoms with Crippen LogP contribution in [0, 0.1) is 5.92 Å². The Morgan fingerprint density at radius 3 is 0.694 bits per heavy atom. The van der Waals surface area contributed by atoms with Crippen LogP contribution in [0.2, 0.25) is 0 Å². The Morgan fingerprint density at radius 2 is 0.469 bits per heavy atom. The Labute approximate surface area is 600 Å². The third-order valence-corrected chi connectivity index (χ3v) is 20.4. The van der Waals surface area contributed by atoms with E-state index in [2.05, 4.69) is 34.6 Å². The molecule has 19 heteroatoms. The molecule has 5 atom stereocenters. The van der Waals surface area contributed by atoms with Gasteiger partial charge in [-0.3, -0.25) is 37.3 Å². The standard InChI is InChI=1S/C79H154O17P2/c1-6-9-12-15-18-21-23-25-26-27-28-29-30-31-32-34-40-45-50-55-60-65-79(84)96-75(69-90-77(82)63-58-53-48-43-38-36-35-37-42-46-51-56-61-72(4)5)71-94-98(87,88)92-67-73(80)66-91-97(85,86)93-70-74(68-89-76(81)62-57-52-47-41-20-17-14-11-8-3)95-78(83)64-59-54-49-44-39-33-24-22-19-16-13-10-7-2/h72-75,80H,6-71H2,1-5H3,(H,85,86)(H,87,88)/t73-,74+,75+/m0/s1. The Hall–Kier alpha value is -1.94. The number of hydrogen-bond donors (Lipinski definition) is 3. The van der Waals surface area contributed by atoms with Crippen LogP contribution < -0.4 is 0 Å². The molecule has 0 spiro atoms. The number of hydrogen-bond acceptors (Lipinski definition) is 15. The van der Waals surface area contributed by atoms with E-state index in [0.717, 1.165) is 95.8 Å². The molecule has 0 fully saturated rings. The fourth-order valence-electron chi connectivity index (χ4n) is 12.2. The molecule has 17 nitrogen and oxygen atoms in total. The first-order valence-corrected chi connectivity index (χ1v) is 44.1. The second kappa shape index (κ2) is 72.0. The summed E-state index contributed by atoms with van der Waals surface area (Å²) in [7, 11) is -9.91. The van der Waals surface area contributed by atoms with Gasteiger partial charge in [-0.1, -0.05) is 369 Å². The molecule has 0 aromatic heterocycles. The molecule has 0 aliphatic carbocycles. The highest BCUT2D eigenvalue weighted by molar-refractivity contribution is 7.47. The van der Waals surface area contributed by atoms with E-state index in [1.807, 2.05) is 0 Å². The molecule has 582 valence electrons. The number of esters is 4. The zero-order valence-corrected chi connectivity index (χ0v) is 65.7. The number of aliphatic hydroxyl groups excluding tert-OH is 1. The highest BCUT2D eigenvalue weighted by atomic mass is 31.2. The van der Waals surface area contributed by atoms with Crippen LogP contribution in [0.4, 0.5) is 0 Å². The average molecular weight is 1440 g/mol. The van der Waals surface area contributed by atoms with Gasteiger partial charge in [0.05, 0.1) is 26.4 Å². The van der Waals surface area contributed by atoms with Gasteiger partial charge in [0.2, 0.25) is 0 Å². The molecule has 0 rings (SSSR count). The molecule has 0 heterocycles. The Morgan fingerprint density at radius 1 is 0.276 bits per heavy atom. The van der Waals surface area contributed by atoms with Gasteiger partial charge in [0.1, 0.15) is 19.3 Å². The summed E-state index contributed by atoms with van der Waals surface area (Å²) in [5.41, 5.74) is 0. The lowest BCUT2D eigenvalue weighted by atomic mass is 10.0. The highest BCUT2D eigenvalue weighted by Crippen LogP contribution is 2.45. The summed E-state index contributed by atoms with van der Waals surface area (Å²) in [5, 5.41) is 10.6. The first kappa shape index (κ1) is 96.1. The molecule has 0 saturated heterocycles. The number of ether oxygens (including phenoxy) is 4. The smallest absolute Gasteiger partial charge is 0.462 e. The van der Waals surface area contributed by atoms with Gasteiger partial charge in [-0.2, -0.15) is 0 Å². The molecule has 2 unspecified atom stereocenters. The lowest BCUT2D eigenvalue weighted by Crippen LogP contribution is -2.30. The van der Waals surface area contributed by atoms with Gasteiger partial charge >= 0.3 is 39.5 Å². The van der Waals surface area contributed by atoms with Crippen LogP contribution in [0.1, 0.15) is 420 Å². The highest BCUT2D eigenvalue weighted by Gasteiger charge is 2.30. The van der Waals surface area contributed by atoms with E-state index in [9.17, 15) is 43.2 Å². The van der Waals surface area contributed by atoms with Crippen molar-refractivity contribution < 1.29 is 80.2 Å². The maximum absolute atomic E-state index is 13.1. The van der Waals surface area contributed by atoms with E-state index in [1.165, 1.54) is 244 Å². The Bertz CT molecular complexity index is 1870. The van der Waals surface area contributed by atoms with Crippen LogP contribution in [0.3, 0.4) is 0 Å². The van der Waals surface area contributed by atoms with Crippen LogP contribution >= 0.6 is 15.6 Å². The van der Waals surface area contributed by atoms with Crippen molar-refractivity contribution in [2.75, 3.05) is 39.6 Å². The number of phosphoric acid groups is 2. The van der Waals surface area contributed by atoms with Crippen LogP contribution in [0.25, 0.3) is 0 Å². The first-order chi connectivity index (χ1) is 47.5. The van der Waals surface area contributed by atoms with E-state index in [-0.39, 0.29) is 25.7 Å². The second-order valence-corrected chi connectivity index (χ2v) is 31.8. The fourth-order valence-corrected chi connectivity index (χ4v) is 13.8. The van der Waals surface area contributed by atoms with Crippen LogP contribution in [-0.4, -0.2) is 96.7 Å². The minimum Gasteiger partial charge on any atom is -0.462 e. The van der Waals surface area contributed by atoms with E-state index in [0.29, 0.717) is 25.7 Å². The predicted molar refractivity (Wildman–Crippen MR) is 400 cm³/mol. The summed E-state index contributed by atoms with van der Waals surface area (Å²) in [4.78, 5) is 72.9. The minimum absolute atomic E-state index is 0.108. The summed E-state index contributed by atoms with van der Waals surface area (Å²) in [6.45, 7) is 7.31. The molecule has 0 aliphatic rings. The fraction of sp³-hybridized carbons (Fsp3) is 0.949. The van der Waals surface area contributed by atoms with Crippen molar-refractivity contribution in [3.8, 4) is 0 Å². The topological polar surface area (TPSA) is 237 Å². The lowest BCUT2D eigenvalue weighted by Gasteiger charge is -2.21. The van der Waals surface area contributed by atoms with Crippen molar-refractivity contribution in [1.29, 1.82) is 0 Å². The van der Waals surface area contributed by atoms with Gasteiger partial charge in [0.15, 0.2) is 12.2 Å². The normalized spacial score (nSPS) is 13.9. The summed E-state index contributed by atoms with van der Waals surface area (Å²) in [6, 6.07) is 0. The number of carbonyl (C=O) groups is 4. The third-order valence-electron chi connectivity index (χ3n) is 18.5. The molecule has 0 radical (unpaired) electrons. The molecule has 0 bridgehead atoms. The molecule has 3 N–H and O–H groups in total. The molecule has 98 heavy (non-hydrogen) atoms.